The second-order valence-electron chi connectivity index (χ2n) is 4.83. The molecular formula is C12H18N2O5S. The fourth-order valence-corrected chi connectivity index (χ4v) is 2.97. The maximum atomic E-state index is 12.1. The first-order valence-electron chi connectivity index (χ1n) is 6.07. The average Bonchev–Trinajstić information content (AvgIpc) is 2.36. The Morgan fingerprint density at radius 3 is 2.55 bits per heavy atom. The molecule has 1 atom stereocenters. The van der Waals surface area contributed by atoms with Crippen molar-refractivity contribution < 1.29 is 18.4 Å². The van der Waals surface area contributed by atoms with Crippen molar-refractivity contribution in [3.05, 3.63) is 33.9 Å². The second kappa shape index (κ2) is 5.86. The van der Waals surface area contributed by atoms with Gasteiger partial charge in [-0.15, -0.1) is 0 Å². The van der Waals surface area contributed by atoms with Crippen molar-refractivity contribution >= 4 is 15.7 Å². The zero-order chi connectivity index (χ0) is 15.6. The van der Waals surface area contributed by atoms with Gasteiger partial charge >= 0.3 is 0 Å². The Morgan fingerprint density at radius 1 is 1.45 bits per heavy atom. The monoisotopic (exact) mass is 302 g/mol. The number of nitro groups is 1. The summed E-state index contributed by atoms with van der Waals surface area (Å²) in [6.07, 6.45) is 0.378. The van der Waals surface area contributed by atoms with E-state index in [2.05, 4.69) is 4.72 Å². The molecule has 0 fully saturated rings. The number of rotatable bonds is 6. The minimum absolute atomic E-state index is 0.0705. The first-order chi connectivity index (χ1) is 9.10. The molecule has 8 heteroatoms. The van der Waals surface area contributed by atoms with Crippen molar-refractivity contribution in [1.82, 2.24) is 4.72 Å². The number of nitro benzene ring substituents is 1. The van der Waals surface area contributed by atoms with E-state index in [1.807, 2.05) is 0 Å². The minimum Gasteiger partial charge on any atom is -0.389 e. The highest BCUT2D eigenvalue weighted by atomic mass is 32.2. The zero-order valence-corrected chi connectivity index (χ0v) is 12.4. The fourth-order valence-electron chi connectivity index (χ4n) is 1.55. The van der Waals surface area contributed by atoms with Crippen LogP contribution in [0.3, 0.4) is 0 Å². The van der Waals surface area contributed by atoms with Crippen molar-refractivity contribution in [2.75, 3.05) is 6.54 Å². The van der Waals surface area contributed by atoms with Gasteiger partial charge in [0, 0.05) is 18.2 Å². The third kappa shape index (κ3) is 3.75. The van der Waals surface area contributed by atoms with Crippen molar-refractivity contribution in [2.24, 2.45) is 0 Å². The summed E-state index contributed by atoms with van der Waals surface area (Å²) in [6.45, 7) is 4.46. The number of sulfonamides is 1. The van der Waals surface area contributed by atoms with Crippen LogP contribution in [0.1, 0.15) is 25.8 Å². The predicted molar refractivity (Wildman–Crippen MR) is 73.9 cm³/mol. The van der Waals surface area contributed by atoms with E-state index in [4.69, 9.17) is 0 Å². The maximum Gasteiger partial charge on any atom is 0.273 e. The van der Waals surface area contributed by atoms with Gasteiger partial charge in [0.15, 0.2) is 0 Å². The molecule has 0 radical (unpaired) electrons. The molecular weight excluding hydrogens is 284 g/mol. The van der Waals surface area contributed by atoms with E-state index < -0.39 is 20.5 Å². The summed E-state index contributed by atoms with van der Waals surface area (Å²) < 4.78 is 26.6. The summed E-state index contributed by atoms with van der Waals surface area (Å²) in [5, 5.41) is 20.6. The van der Waals surface area contributed by atoms with Crippen molar-refractivity contribution in [3.63, 3.8) is 0 Å². The smallest absolute Gasteiger partial charge is 0.273 e. The number of nitrogens with one attached hydrogen (secondary N) is 1. The van der Waals surface area contributed by atoms with Gasteiger partial charge in [-0.3, -0.25) is 10.1 Å². The van der Waals surface area contributed by atoms with E-state index in [-0.39, 0.29) is 22.7 Å². The molecule has 112 valence electrons. The molecule has 1 aromatic rings. The summed E-state index contributed by atoms with van der Waals surface area (Å²) >= 11 is 0. The normalized spacial score (nSPS) is 14.8. The van der Waals surface area contributed by atoms with E-state index in [0.717, 1.165) is 0 Å². The van der Waals surface area contributed by atoms with E-state index >= 15 is 0 Å². The summed E-state index contributed by atoms with van der Waals surface area (Å²) in [5.41, 5.74) is -1.35. The van der Waals surface area contributed by atoms with Crippen molar-refractivity contribution in [2.45, 2.75) is 37.7 Å². The lowest BCUT2D eigenvalue weighted by molar-refractivity contribution is -0.385. The fraction of sp³-hybridized carbons (Fsp3) is 0.500. The second-order valence-corrected chi connectivity index (χ2v) is 6.57. The molecule has 0 heterocycles. The molecule has 20 heavy (non-hydrogen) atoms. The Balaban J connectivity index is 3.11. The topological polar surface area (TPSA) is 110 Å². The first-order valence-corrected chi connectivity index (χ1v) is 7.55. The summed E-state index contributed by atoms with van der Waals surface area (Å²) in [6, 6.07) is 3.86. The van der Waals surface area contributed by atoms with Crippen molar-refractivity contribution in [3.8, 4) is 0 Å². The third-order valence-corrected chi connectivity index (χ3v) is 4.69. The summed E-state index contributed by atoms with van der Waals surface area (Å²) in [4.78, 5) is 10.0. The van der Waals surface area contributed by atoms with Crippen LogP contribution in [0, 0.1) is 17.0 Å². The standard InChI is InChI=1S/C12H18N2O5S/c1-4-12(3,15)8-13-20(18,19)11-7-5-6-10(9(11)2)14(16)17/h5-7,13,15H,4,8H2,1-3H3. The highest BCUT2D eigenvalue weighted by Crippen LogP contribution is 2.24. The Labute approximate surface area is 117 Å². The van der Waals surface area contributed by atoms with E-state index in [1.165, 1.54) is 32.0 Å². The van der Waals surface area contributed by atoms with Crippen LogP contribution in [0.2, 0.25) is 0 Å². The lowest BCUT2D eigenvalue weighted by atomic mass is 10.1. The molecule has 0 aliphatic heterocycles. The highest BCUT2D eigenvalue weighted by Gasteiger charge is 2.26. The lowest BCUT2D eigenvalue weighted by Crippen LogP contribution is -2.40. The minimum atomic E-state index is -3.90. The van der Waals surface area contributed by atoms with Gasteiger partial charge in [0.2, 0.25) is 10.0 Å². The molecule has 0 spiro atoms. The molecule has 7 nitrogen and oxygen atoms in total. The molecule has 1 unspecified atom stereocenters. The van der Waals surface area contributed by atoms with Gasteiger partial charge < -0.3 is 5.11 Å². The van der Waals surface area contributed by atoms with Crippen LogP contribution in [0.5, 0.6) is 0 Å². The lowest BCUT2D eigenvalue weighted by Gasteiger charge is -2.21. The van der Waals surface area contributed by atoms with Gasteiger partial charge in [-0.1, -0.05) is 13.0 Å². The van der Waals surface area contributed by atoms with Crippen LogP contribution >= 0.6 is 0 Å². The number of hydrogen-bond acceptors (Lipinski definition) is 5. The Morgan fingerprint density at radius 2 is 2.05 bits per heavy atom. The van der Waals surface area contributed by atoms with Crippen LogP contribution in [0.15, 0.2) is 23.1 Å². The summed E-state index contributed by atoms with van der Waals surface area (Å²) in [7, 11) is -3.90. The third-order valence-electron chi connectivity index (χ3n) is 3.15. The predicted octanol–water partition coefficient (Wildman–Crippen LogP) is 1.34. The SMILES string of the molecule is CCC(C)(O)CNS(=O)(=O)c1cccc([N+](=O)[O-])c1C. The number of hydrogen-bond donors (Lipinski definition) is 2. The van der Waals surface area contributed by atoms with Crippen LogP contribution in [-0.2, 0) is 10.0 Å². The van der Waals surface area contributed by atoms with Gasteiger partial charge in [0.25, 0.3) is 5.69 Å². The van der Waals surface area contributed by atoms with E-state index in [0.29, 0.717) is 6.42 Å². The summed E-state index contributed by atoms with van der Waals surface area (Å²) in [5.74, 6) is 0. The first kappa shape index (κ1) is 16.5. The molecule has 0 aliphatic rings. The molecule has 1 aromatic carbocycles. The Bertz CT molecular complexity index is 610. The maximum absolute atomic E-state index is 12.1. The zero-order valence-electron chi connectivity index (χ0n) is 11.6. The number of benzene rings is 1. The molecule has 0 saturated heterocycles. The Kier molecular flexibility index (Phi) is 4.85. The van der Waals surface area contributed by atoms with Gasteiger partial charge in [0.05, 0.1) is 15.4 Å². The van der Waals surface area contributed by atoms with Crippen LogP contribution < -0.4 is 4.72 Å². The van der Waals surface area contributed by atoms with Gasteiger partial charge in [-0.25, -0.2) is 13.1 Å². The number of aliphatic hydroxyl groups is 1. The highest BCUT2D eigenvalue weighted by molar-refractivity contribution is 7.89. The van der Waals surface area contributed by atoms with E-state index in [9.17, 15) is 23.6 Å². The molecule has 0 aliphatic carbocycles. The van der Waals surface area contributed by atoms with E-state index in [1.54, 1.807) is 6.92 Å². The molecule has 1 rings (SSSR count). The molecule has 2 N–H and O–H groups in total. The van der Waals surface area contributed by atoms with Crippen molar-refractivity contribution in [1.29, 1.82) is 0 Å². The van der Waals surface area contributed by atoms with Crippen LogP contribution in [-0.4, -0.2) is 30.6 Å². The largest absolute Gasteiger partial charge is 0.389 e. The van der Waals surface area contributed by atoms with Gasteiger partial charge in [-0.2, -0.15) is 0 Å². The van der Waals surface area contributed by atoms with Crippen LogP contribution in [0.4, 0.5) is 5.69 Å². The quantitative estimate of drug-likeness (QED) is 0.608. The average molecular weight is 302 g/mol. The molecule has 0 bridgehead atoms. The van der Waals surface area contributed by atoms with Crippen LogP contribution in [0.25, 0.3) is 0 Å². The number of nitrogens with zero attached hydrogens (tertiary/aromatic N) is 1. The molecule has 0 amide bonds. The molecule has 0 aromatic heterocycles. The van der Waals surface area contributed by atoms with Gasteiger partial charge in [0.1, 0.15) is 0 Å². The molecule has 0 saturated carbocycles. The van der Waals surface area contributed by atoms with Gasteiger partial charge in [-0.05, 0) is 26.3 Å². The Hall–Kier alpha value is -1.51.